The molecule has 0 N–H and O–H groups in total. The second-order valence-electron chi connectivity index (χ2n) is 4.63. The van der Waals surface area contributed by atoms with Crippen molar-refractivity contribution in [1.82, 2.24) is 0 Å². The van der Waals surface area contributed by atoms with E-state index in [0.717, 1.165) is 24.8 Å². The standard InChI is InChI=1S/C15H20O3/c1-2-17-11-12-18-14(16)15(9-6-10-15)13-7-4-3-5-8-13/h3-5,7-8H,2,6,9-12H2,1H3. The van der Waals surface area contributed by atoms with Crippen LogP contribution in [-0.4, -0.2) is 25.8 Å². The van der Waals surface area contributed by atoms with E-state index < -0.39 is 5.41 Å². The molecule has 1 aliphatic carbocycles. The summed E-state index contributed by atoms with van der Waals surface area (Å²) in [5.74, 6) is -0.0975. The second-order valence-corrected chi connectivity index (χ2v) is 4.63. The molecule has 3 heteroatoms. The Morgan fingerprint density at radius 3 is 2.50 bits per heavy atom. The molecular formula is C15H20O3. The molecule has 0 atom stereocenters. The van der Waals surface area contributed by atoms with Gasteiger partial charge in [0.2, 0.25) is 0 Å². The normalized spacial score (nSPS) is 16.9. The summed E-state index contributed by atoms with van der Waals surface area (Å²) >= 11 is 0. The van der Waals surface area contributed by atoms with Gasteiger partial charge >= 0.3 is 5.97 Å². The summed E-state index contributed by atoms with van der Waals surface area (Å²) in [7, 11) is 0. The minimum absolute atomic E-state index is 0.0975. The number of carbonyl (C=O) groups excluding carboxylic acids is 1. The van der Waals surface area contributed by atoms with Crippen molar-refractivity contribution in [3.05, 3.63) is 35.9 Å². The van der Waals surface area contributed by atoms with E-state index in [1.54, 1.807) is 0 Å². The molecular weight excluding hydrogens is 228 g/mol. The maximum Gasteiger partial charge on any atom is 0.316 e. The van der Waals surface area contributed by atoms with Gasteiger partial charge in [-0.3, -0.25) is 4.79 Å². The number of hydrogen-bond acceptors (Lipinski definition) is 3. The molecule has 98 valence electrons. The van der Waals surface area contributed by atoms with Crippen molar-refractivity contribution in [3.63, 3.8) is 0 Å². The monoisotopic (exact) mass is 248 g/mol. The fourth-order valence-corrected chi connectivity index (χ4v) is 2.37. The van der Waals surface area contributed by atoms with E-state index >= 15 is 0 Å². The van der Waals surface area contributed by atoms with Gasteiger partial charge in [0.1, 0.15) is 6.61 Å². The van der Waals surface area contributed by atoms with Crippen LogP contribution in [0.15, 0.2) is 30.3 Å². The molecule has 2 rings (SSSR count). The molecule has 0 aliphatic heterocycles. The van der Waals surface area contributed by atoms with Gasteiger partial charge in [0.15, 0.2) is 0 Å². The zero-order chi connectivity index (χ0) is 12.8. The second kappa shape index (κ2) is 6.01. The van der Waals surface area contributed by atoms with Crippen LogP contribution in [0.2, 0.25) is 0 Å². The van der Waals surface area contributed by atoms with Gasteiger partial charge in [-0.25, -0.2) is 0 Å². The molecule has 1 aliphatic rings. The summed E-state index contributed by atoms with van der Waals surface area (Å²) < 4.78 is 10.5. The van der Waals surface area contributed by atoms with E-state index in [1.165, 1.54) is 0 Å². The van der Waals surface area contributed by atoms with Crippen molar-refractivity contribution in [2.75, 3.05) is 19.8 Å². The van der Waals surface area contributed by atoms with Crippen molar-refractivity contribution in [2.45, 2.75) is 31.6 Å². The third-order valence-electron chi connectivity index (χ3n) is 3.59. The topological polar surface area (TPSA) is 35.5 Å². The minimum atomic E-state index is -0.395. The third kappa shape index (κ3) is 2.56. The van der Waals surface area contributed by atoms with E-state index in [2.05, 4.69) is 0 Å². The first-order valence-electron chi connectivity index (χ1n) is 6.60. The van der Waals surface area contributed by atoms with Crippen molar-refractivity contribution < 1.29 is 14.3 Å². The largest absolute Gasteiger partial charge is 0.463 e. The molecule has 0 radical (unpaired) electrons. The van der Waals surface area contributed by atoms with E-state index in [0.29, 0.717) is 19.8 Å². The quantitative estimate of drug-likeness (QED) is 0.573. The first-order valence-corrected chi connectivity index (χ1v) is 6.60. The molecule has 1 aromatic carbocycles. The van der Waals surface area contributed by atoms with E-state index in [4.69, 9.17) is 9.47 Å². The number of hydrogen-bond donors (Lipinski definition) is 0. The van der Waals surface area contributed by atoms with Crippen molar-refractivity contribution in [3.8, 4) is 0 Å². The molecule has 0 amide bonds. The molecule has 0 heterocycles. The summed E-state index contributed by atoms with van der Waals surface area (Å²) in [5, 5.41) is 0. The Labute approximate surface area is 108 Å². The van der Waals surface area contributed by atoms with Crippen molar-refractivity contribution in [2.24, 2.45) is 0 Å². The zero-order valence-corrected chi connectivity index (χ0v) is 10.9. The Kier molecular flexibility index (Phi) is 4.37. The molecule has 0 spiro atoms. The van der Waals surface area contributed by atoms with Gasteiger partial charge in [-0.15, -0.1) is 0 Å². The number of ether oxygens (including phenoxy) is 2. The number of rotatable bonds is 6. The van der Waals surface area contributed by atoms with Gasteiger partial charge in [0.05, 0.1) is 12.0 Å². The Morgan fingerprint density at radius 2 is 1.94 bits per heavy atom. The van der Waals surface area contributed by atoms with Crippen molar-refractivity contribution in [1.29, 1.82) is 0 Å². The zero-order valence-electron chi connectivity index (χ0n) is 10.9. The predicted molar refractivity (Wildman–Crippen MR) is 69.4 cm³/mol. The van der Waals surface area contributed by atoms with Crippen LogP contribution in [0.5, 0.6) is 0 Å². The number of benzene rings is 1. The van der Waals surface area contributed by atoms with Crippen molar-refractivity contribution >= 4 is 5.97 Å². The average Bonchev–Trinajstić information content (AvgIpc) is 2.35. The lowest BCUT2D eigenvalue weighted by atomic mass is 9.64. The van der Waals surface area contributed by atoms with Crippen LogP contribution >= 0.6 is 0 Å². The lowest BCUT2D eigenvalue weighted by Crippen LogP contribution is -2.44. The summed E-state index contributed by atoms with van der Waals surface area (Å²) in [4.78, 5) is 12.2. The summed E-state index contributed by atoms with van der Waals surface area (Å²) in [5.41, 5.74) is 0.686. The third-order valence-corrected chi connectivity index (χ3v) is 3.59. The Bertz CT molecular complexity index is 382. The highest BCUT2D eigenvalue weighted by Gasteiger charge is 2.46. The maximum absolute atomic E-state index is 12.2. The van der Waals surface area contributed by atoms with Crippen LogP contribution in [0, 0.1) is 0 Å². The van der Waals surface area contributed by atoms with E-state index in [1.807, 2.05) is 37.3 Å². The van der Waals surface area contributed by atoms with E-state index in [-0.39, 0.29) is 5.97 Å². The number of carbonyl (C=O) groups is 1. The highest BCUT2D eigenvalue weighted by molar-refractivity contribution is 5.84. The highest BCUT2D eigenvalue weighted by atomic mass is 16.6. The molecule has 0 saturated heterocycles. The molecule has 18 heavy (non-hydrogen) atoms. The van der Waals surface area contributed by atoms with Gasteiger partial charge in [-0.05, 0) is 25.3 Å². The molecule has 1 fully saturated rings. The fraction of sp³-hybridized carbons (Fsp3) is 0.533. The predicted octanol–water partition coefficient (Wildman–Crippen LogP) is 2.69. The Morgan fingerprint density at radius 1 is 1.22 bits per heavy atom. The molecule has 1 aromatic rings. The average molecular weight is 248 g/mol. The van der Waals surface area contributed by atoms with Crippen LogP contribution in [-0.2, 0) is 19.7 Å². The van der Waals surface area contributed by atoms with Crippen LogP contribution < -0.4 is 0 Å². The minimum Gasteiger partial charge on any atom is -0.463 e. The molecule has 0 unspecified atom stereocenters. The molecule has 1 saturated carbocycles. The van der Waals surface area contributed by atoms with Crippen LogP contribution in [0.4, 0.5) is 0 Å². The van der Waals surface area contributed by atoms with E-state index in [9.17, 15) is 4.79 Å². The molecule has 0 bridgehead atoms. The summed E-state index contributed by atoms with van der Waals surface area (Å²) in [6, 6.07) is 9.95. The Balaban J connectivity index is 1.98. The van der Waals surface area contributed by atoms with Gasteiger partial charge in [-0.2, -0.15) is 0 Å². The van der Waals surface area contributed by atoms with Crippen LogP contribution in [0.3, 0.4) is 0 Å². The van der Waals surface area contributed by atoms with Crippen LogP contribution in [0.25, 0.3) is 0 Å². The fourth-order valence-electron chi connectivity index (χ4n) is 2.37. The Hall–Kier alpha value is -1.35. The first-order chi connectivity index (χ1) is 8.79. The number of esters is 1. The lowest BCUT2D eigenvalue weighted by molar-refractivity contribution is -0.156. The van der Waals surface area contributed by atoms with Crippen LogP contribution in [0.1, 0.15) is 31.7 Å². The first kappa shape index (κ1) is 13.1. The molecule has 3 nitrogen and oxygen atoms in total. The SMILES string of the molecule is CCOCCOC(=O)C1(c2ccccc2)CCC1. The molecule has 0 aromatic heterocycles. The summed E-state index contributed by atoms with van der Waals surface area (Å²) in [6.07, 6.45) is 2.88. The van der Waals surface area contributed by atoms with Gasteiger partial charge in [-0.1, -0.05) is 36.8 Å². The maximum atomic E-state index is 12.2. The van der Waals surface area contributed by atoms with Gasteiger partial charge < -0.3 is 9.47 Å². The van der Waals surface area contributed by atoms with Gasteiger partial charge in [0, 0.05) is 6.61 Å². The van der Waals surface area contributed by atoms with Gasteiger partial charge in [0.25, 0.3) is 0 Å². The highest BCUT2D eigenvalue weighted by Crippen LogP contribution is 2.44. The lowest BCUT2D eigenvalue weighted by Gasteiger charge is -2.39. The smallest absolute Gasteiger partial charge is 0.316 e. The summed E-state index contributed by atoms with van der Waals surface area (Å²) in [6.45, 7) is 3.41.